The van der Waals surface area contributed by atoms with Gasteiger partial charge in [-0.2, -0.15) is 0 Å². The average Bonchev–Trinajstić information content (AvgIpc) is 2.86. The number of carbonyl (C=O) groups is 1. The molecule has 0 bridgehead atoms. The van der Waals surface area contributed by atoms with Gasteiger partial charge in [-0.05, 0) is 18.2 Å². The molecule has 0 radical (unpaired) electrons. The van der Waals surface area contributed by atoms with Gasteiger partial charge in [-0.3, -0.25) is 4.79 Å². The fourth-order valence-corrected chi connectivity index (χ4v) is 1.99. The van der Waals surface area contributed by atoms with Crippen molar-refractivity contribution in [2.24, 2.45) is 0 Å². The number of rotatable bonds is 2. The first-order valence-electron chi connectivity index (χ1n) is 6.09. The van der Waals surface area contributed by atoms with E-state index in [1.165, 1.54) is 6.07 Å². The molecule has 106 valence electrons. The molecular formula is C15H10F2N2O2. The molecule has 0 spiro atoms. The van der Waals surface area contributed by atoms with E-state index in [0.29, 0.717) is 11.6 Å². The van der Waals surface area contributed by atoms with Gasteiger partial charge in [0.15, 0.2) is 11.6 Å². The molecule has 1 aromatic heterocycles. The van der Waals surface area contributed by atoms with Crippen LogP contribution < -0.4 is 11.1 Å². The molecule has 0 saturated carbocycles. The molecule has 3 N–H and O–H groups in total. The molecule has 3 rings (SSSR count). The molecule has 6 heteroatoms. The van der Waals surface area contributed by atoms with E-state index in [1.54, 1.807) is 24.3 Å². The Morgan fingerprint density at radius 3 is 2.62 bits per heavy atom. The van der Waals surface area contributed by atoms with Gasteiger partial charge in [-0.15, -0.1) is 0 Å². The minimum atomic E-state index is -0.947. The van der Waals surface area contributed by atoms with Crippen molar-refractivity contribution in [2.75, 3.05) is 11.1 Å². The fourth-order valence-electron chi connectivity index (χ4n) is 1.99. The number of fused-ring (bicyclic) bond motifs is 1. The highest BCUT2D eigenvalue weighted by Gasteiger charge is 2.16. The van der Waals surface area contributed by atoms with Crippen LogP contribution in [0.5, 0.6) is 0 Å². The second kappa shape index (κ2) is 4.90. The predicted molar refractivity (Wildman–Crippen MR) is 74.9 cm³/mol. The molecule has 0 aliphatic heterocycles. The number of amides is 1. The second-order valence-corrected chi connectivity index (χ2v) is 4.45. The summed E-state index contributed by atoms with van der Waals surface area (Å²) >= 11 is 0. The zero-order chi connectivity index (χ0) is 15.0. The molecule has 1 heterocycles. The van der Waals surface area contributed by atoms with Gasteiger partial charge >= 0.3 is 0 Å². The highest BCUT2D eigenvalue weighted by molar-refractivity contribution is 6.06. The van der Waals surface area contributed by atoms with Crippen LogP contribution in [0.4, 0.5) is 20.2 Å². The van der Waals surface area contributed by atoms with Crippen molar-refractivity contribution < 1.29 is 18.0 Å². The van der Waals surface area contributed by atoms with Gasteiger partial charge in [-0.1, -0.05) is 18.2 Å². The maximum absolute atomic E-state index is 13.6. The number of furan rings is 1. The zero-order valence-corrected chi connectivity index (χ0v) is 10.7. The molecule has 2 aromatic carbocycles. The minimum absolute atomic E-state index is 0.0133. The lowest BCUT2D eigenvalue weighted by molar-refractivity contribution is 0.0998. The summed E-state index contributed by atoms with van der Waals surface area (Å²) in [4.78, 5) is 12.1. The van der Waals surface area contributed by atoms with Crippen LogP contribution in [0.3, 0.4) is 0 Å². The Balaban J connectivity index is 1.93. The molecule has 0 atom stereocenters. The molecule has 0 fully saturated rings. The van der Waals surface area contributed by atoms with Gasteiger partial charge in [-0.25, -0.2) is 8.78 Å². The summed E-state index contributed by atoms with van der Waals surface area (Å²) < 4.78 is 31.9. The number of para-hydroxylation sites is 1. The molecule has 0 saturated heterocycles. The lowest BCUT2D eigenvalue weighted by Gasteiger charge is -2.08. The molecule has 0 unspecified atom stereocenters. The summed E-state index contributed by atoms with van der Waals surface area (Å²) in [6, 6.07) is 10.2. The van der Waals surface area contributed by atoms with Crippen LogP contribution in [-0.4, -0.2) is 5.91 Å². The first-order chi connectivity index (χ1) is 10.0. The monoisotopic (exact) mass is 288 g/mol. The Morgan fingerprint density at radius 1 is 1.14 bits per heavy atom. The van der Waals surface area contributed by atoms with Crippen LogP contribution in [-0.2, 0) is 0 Å². The predicted octanol–water partition coefficient (Wildman–Crippen LogP) is 3.55. The van der Waals surface area contributed by atoms with E-state index < -0.39 is 17.5 Å². The maximum atomic E-state index is 13.6. The zero-order valence-electron chi connectivity index (χ0n) is 10.7. The van der Waals surface area contributed by atoms with E-state index in [1.807, 2.05) is 0 Å². The first-order valence-corrected chi connectivity index (χ1v) is 6.09. The molecule has 0 aliphatic carbocycles. The quantitative estimate of drug-likeness (QED) is 0.709. The molecule has 1 amide bonds. The van der Waals surface area contributed by atoms with E-state index in [2.05, 4.69) is 5.32 Å². The number of nitrogens with one attached hydrogen (secondary N) is 1. The molecule has 21 heavy (non-hydrogen) atoms. The van der Waals surface area contributed by atoms with Gasteiger partial charge in [0, 0.05) is 11.5 Å². The van der Waals surface area contributed by atoms with Gasteiger partial charge in [0.1, 0.15) is 17.1 Å². The number of benzene rings is 2. The first kappa shape index (κ1) is 13.1. The van der Waals surface area contributed by atoms with Crippen molar-refractivity contribution in [1.82, 2.24) is 0 Å². The Hall–Kier alpha value is -2.89. The number of hydrogen-bond donors (Lipinski definition) is 2. The minimum Gasteiger partial charge on any atom is -0.451 e. The second-order valence-electron chi connectivity index (χ2n) is 4.45. The third-order valence-electron chi connectivity index (χ3n) is 2.97. The van der Waals surface area contributed by atoms with Crippen LogP contribution in [0.1, 0.15) is 10.6 Å². The Kier molecular flexibility index (Phi) is 3.06. The number of anilines is 2. The molecular weight excluding hydrogens is 278 g/mol. The van der Waals surface area contributed by atoms with Crippen molar-refractivity contribution in [2.45, 2.75) is 0 Å². The number of nitrogens with two attached hydrogens (primary N) is 1. The molecule has 3 aromatic rings. The lowest BCUT2D eigenvalue weighted by atomic mass is 10.2. The van der Waals surface area contributed by atoms with Crippen molar-refractivity contribution >= 4 is 28.3 Å². The van der Waals surface area contributed by atoms with Crippen LogP contribution in [0.25, 0.3) is 11.0 Å². The average molecular weight is 288 g/mol. The third-order valence-corrected chi connectivity index (χ3v) is 2.97. The normalized spacial score (nSPS) is 10.8. The Labute approximate surface area is 118 Å². The highest BCUT2D eigenvalue weighted by Crippen LogP contribution is 2.25. The smallest absolute Gasteiger partial charge is 0.291 e. The van der Waals surface area contributed by atoms with E-state index in [-0.39, 0.29) is 17.1 Å². The number of carbonyl (C=O) groups excluding carboxylic acids is 1. The number of halogens is 2. The third kappa shape index (κ3) is 2.43. The van der Waals surface area contributed by atoms with E-state index >= 15 is 0 Å². The van der Waals surface area contributed by atoms with Gasteiger partial charge < -0.3 is 15.5 Å². The fraction of sp³-hybridized carbons (Fsp3) is 0. The molecule has 0 aliphatic rings. The van der Waals surface area contributed by atoms with Crippen LogP contribution in [0.2, 0.25) is 0 Å². The van der Waals surface area contributed by atoms with E-state index in [4.69, 9.17) is 10.2 Å². The van der Waals surface area contributed by atoms with E-state index in [0.717, 1.165) is 11.5 Å². The Morgan fingerprint density at radius 2 is 1.90 bits per heavy atom. The summed E-state index contributed by atoms with van der Waals surface area (Å²) in [6.45, 7) is 0. The Bertz CT molecular complexity index is 787. The largest absolute Gasteiger partial charge is 0.451 e. The number of hydrogen-bond acceptors (Lipinski definition) is 3. The summed E-state index contributed by atoms with van der Waals surface area (Å²) in [6.07, 6.45) is 0. The van der Waals surface area contributed by atoms with E-state index in [9.17, 15) is 13.6 Å². The van der Waals surface area contributed by atoms with Crippen LogP contribution >= 0.6 is 0 Å². The van der Waals surface area contributed by atoms with Crippen molar-refractivity contribution in [3.8, 4) is 0 Å². The number of nitrogen functional groups attached to an aromatic ring is 1. The summed E-state index contributed by atoms with van der Waals surface area (Å²) in [7, 11) is 0. The van der Waals surface area contributed by atoms with Crippen LogP contribution in [0, 0.1) is 11.6 Å². The van der Waals surface area contributed by atoms with Gasteiger partial charge in [0.2, 0.25) is 0 Å². The maximum Gasteiger partial charge on any atom is 0.291 e. The van der Waals surface area contributed by atoms with Gasteiger partial charge in [0.25, 0.3) is 5.91 Å². The van der Waals surface area contributed by atoms with Crippen molar-refractivity contribution in [3.05, 3.63) is 59.9 Å². The van der Waals surface area contributed by atoms with Crippen LogP contribution in [0.15, 0.2) is 46.9 Å². The SMILES string of the molecule is Nc1cc(F)cc(F)c1NC(=O)c1cc2ccccc2o1. The lowest BCUT2D eigenvalue weighted by Crippen LogP contribution is -2.14. The highest BCUT2D eigenvalue weighted by atomic mass is 19.1. The van der Waals surface area contributed by atoms with Crippen molar-refractivity contribution in [3.63, 3.8) is 0 Å². The summed E-state index contributed by atoms with van der Waals surface area (Å²) in [5, 5.41) is 3.03. The topological polar surface area (TPSA) is 68.3 Å². The van der Waals surface area contributed by atoms with Crippen molar-refractivity contribution in [1.29, 1.82) is 0 Å². The molecule has 4 nitrogen and oxygen atoms in total. The van der Waals surface area contributed by atoms with Gasteiger partial charge in [0.05, 0.1) is 5.69 Å². The summed E-state index contributed by atoms with van der Waals surface area (Å²) in [5.41, 5.74) is 5.56. The summed E-state index contributed by atoms with van der Waals surface area (Å²) in [5.74, 6) is -2.41. The standard InChI is InChI=1S/C15H10F2N2O2/c16-9-6-10(17)14(11(18)7-9)19-15(20)13-5-8-3-1-2-4-12(8)21-13/h1-7H,18H2,(H,19,20).